The number of hydrogen-bond acceptors (Lipinski definition) is 7. The Morgan fingerprint density at radius 1 is 0.915 bits per heavy atom. The fourth-order valence-electron chi connectivity index (χ4n) is 2.56. The number of carbonyl (C=O) groups is 2. The molecule has 2 heterocycles. The van der Waals surface area contributed by atoms with Crippen LogP contribution in [0.2, 0.25) is 0 Å². The highest BCUT2D eigenvalue weighted by Crippen LogP contribution is 2.40. The van der Waals surface area contributed by atoms with Gasteiger partial charge in [0.1, 0.15) is 0 Å². The summed E-state index contributed by atoms with van der Waals surface area (Å²) in [6.45, 7) is 15.2. The van der Waals surface area contributed by atoms with Gasteiger partial charge in [0.05, 0.1) is 31.5 Å². The van der Waals surface area contributed by atoms with Crippen LogP contribution in [-0.2, 0) is 33.9 Å². The highest BCUT2D eigenvalue weighted by molar-refractivity contribution is 7.86. The number of allylic oxidation sites excluding steroid dienone is 1. The second-order valence-corrected chi connectivity index (χ2v) is 11.6. The number of unbranched alkanes of at least 4 members (excludes halogenated alkanes) is 2. The lowest BCUT2D eigenvalue weighted by atomic mass is 10.2. The fraction of sp³-hybridized carbons (Fsp3) is 0.862. The summed E-state index contributed by atoms with van der Waals surface area (Å²) in [6, 6.07) is 0. The third-order valence-electron chi connectivity index (χ3n) is 5.10. The van der Waals surface area contributed by atoms with Crippen molar-refractivity contribution < 1.29 is 77.7 Å². The average molecular weight is 727 g/mol. The molecule has 0 aromatic rings. The molecule has 0 spiro atoms. The molecular formula is C29H53F7O10S. The summed E-state index contributed by atoms with van der Waals surface area (Å²) in [6.07, 6.45) is -1.51. The van der Waals surface area contributed by atoms with Crippen molar-refractivity contribution in [3.63, 3.8) is 0 Å². The van der Waals surface area contributed by atoms with Gasteiger partial charge in [-0.2, -0.15) is 39.2 Å². The molecule has 2 rings (SSSR count). The molecule has 0 radical (unpaired) electrons. The Bertz CT molecular complexity index is 906. The van der Waals surface area contributed by atoms with E-state index in [0.29, 0.717) is 32.0 Å². The lowest BCUT2D eigenvalue weighted by Gasteiger charge is -2.26. The first-order chi connectivity index (χ1) is 21.4. The van der Waals surface area contributed by atoms with E-state index in [1.807, 2.05) is 13.0 Å². The van der Waals surface area contributed by atoms with E-state index in [-0.39, 0.29) is 18.9 Å². The number of alkyl halides is 7. The molecule has 2 fully saturated rings. The molecule has 0 aromatic carbocycles. The molecular weight excluding hydrogens is 673 g/mol. The van der Waals surface area contributed by atoms with Gasteiger partial charge in [-0.15, -0.1) is 6.58 Å². The third-order valence-corrected chi connectivity index (χ3v) is 5.98. The van der Waals surface area contributed by atoms with Crippen molar-refractivity contribution in [3.8, 4) is 0 Å². The monoisotopic (exact) mass is 726 g/mol. The molecule has 0 aromatic heterocycles. The maximum Gasteiger partial charge on any atom is 0.459 e. The van der Waals surface area contributed by atoms with Crippen LogP contribution < -0.4 is 0 Å². The van der Waals surface area contributed by atoms with Gasteiger partial charge in [-0.3, -0.25) is 14.1 Å². The van der Waals surface area contributed by atoms with Gasteiger partial charge >= 0.3 is 33.6 Å². The smallest absolute Gasteiger partial charge is 0.459 e. The van der Waals surface area contributed by atoms with Gasteiger partial charge in [0.2, 0.25) is 0 Å². The lowest BCUT2D eigenvalue weighted by molar-refractivity contribution is -0.333. The molecule has 3 N–H and O–H groups in total. The van der Waals surface area contributed by atoms with Crippen LogP contribution >= 0.6 is 0 Å². The number of hydrogen-bond donors (Lipinski definition) is 3. The second-order valence-electron chi connectivity index (χ2n) is 10.2. The predicted molar refractivity (Wildman–Crippen MR) is 162 cm³/mol. The molecule has 3 atom stereocenters. The van der Waals surface area contributed by atoms with Gasteiger partial charge in [0.25, 0.3) is 5.97 Å². The first kappa shape index (κ1) is 51.8. The third kappa shape index (κ3) is 38.3. The van der Waals surface area contributed by atoms with Crippen LogP contribution in [0.3, 0.4) is 0 Å². The maximum atomic E-state index is 12.9. The van der Waals surface area contributed by atoms with Crippen molar-refractivity contribution in [3.05, 3.63) is 12.7 Å². The first-order valence-electron chi connectivity index (χ1n) is 15.1. The Morgan fingerprint density at radius 3 is 1.57 bits per heavy atom. The number of aliphatic carboxylic acids is 2. The van der Waals surface area contributed by atoms with Crippen LogP contribution in [0, 0.1) is 0 Å². The zero-order valence-electron chi connectivity index (χ0n) is 28.0. The van der Waals surface area contributed by atoms with Crippen LogP contribution in [0.15, 0.2) is 12.7 Å². The number of ether oxygens (including phenoxy) is 3. The van der Waals surface area contributed by atoms with E-state index in [4.69, 9.17) is 24.3 Å². The quantitative estimate of drug-likeness (QED) is 0.0645. The van der Waals surface area contributed by atoms with E-state index in [1.54, 1.807) is 6.92 Å². The number of carboxylic acids is 2. The molecule has 2 aliphatic heterocycles. The summed E-state index contributed by atoms with van der Waals surface area (Å²) in [7, 11) is -6.23. The Hall–Kier alpha value is -2.02. The molecule has 3 unspecified atom stereocenters. The van der Waals surface area contributed by atoms with Crippen LogP contribution in [0.1, 0.15) is 112 Å². The Balaban J connectivity index is -0.000000259. The van der Waals surface area contributed by atoms with E-state index in [2.05, 4.69) is 29.9 Å². The molecule has 0 saturated carbocycles. The largest absolute Gasteiger partial charge is 0.481 e. The predicted octanol–water partition coefficient (Wildman–Crippen LogP) is 8.50. The molecule has 284 valence electrons. The molecule has 2 saturated heterocycles. The molecule has 18 heteroatoms. The molecule has 0 aliphatic carbocycles. The average Bonchev–Trinajstić information content (AvgIpc) is 3.83. The zero-order chi connectivity index (χ0) is 37.9. The summed E-state index contributed by atoms with van der Waals surface area (Å²) in [5, 5.41) is 9.66. The number of halogens is 7. The van der Waals surface area contributed by atoms with E-state index >= 15 is 0 Å². The molecule has 10 nitrogen and oxygen atoms in total. The van der Waals surface area contributed by atoms with Crippen molar-refractivity contribution in [1.82, 2.24) is 0 Å². The van der Waals surface area contributed by atoms with E-state index in [1.165, 1.54) is 19.3 Å². The van der Waals surface area contributed by atoms with Gasteiger partial charge in [-0.25, -0.2) is 0 Å². The van der Waals surface area contributed by atoms with Crippen molar-refractivity contribution in [2.45, 2.75) is 148 Å². The molecule has 0 bridgehead atoms. The van der Waals surface area contributed by atoms with Crippen molar-refractivity contribution in [2.24, 2.45) is 0 Å². The summed E-state index contributed by atoms with van der Waals surface area (Å²) >= 11 is 0. The molecule has 0 amide bonds. The summed E-state index contributed by atoms with van der Waals surface area (Å²) in [5.74, 6) is -1.54. The second kappa shape index (κ2) is 27.9. The number of carboxylic acid groups (broad SMARTS) is 2. The van der Waals surface area contributed by atoms with E-state index in [0.717, 1.165) is 33.3 Å². The van der Waals surface area contributed by atoms with Gasteiger partial charge in [-0.1, -0.05) is 59.5 Å². The van der Waals surface area contributed by atoms with Gasteiger partial charge in [0, 0.05) is 19.8 Å². The minimum atomic E-state index is -6.23. The van der Waals surface area contributed by atoms with Crippen LogP contribution in [0.5, 0.6) is 0 Å². The minimum absolute atomic E-state index is 0.0770. The van der Waals surface area contributed by atoms with Crippen molar-refractivity contribution >= 4 is 22.1 Å². The Morgan fingerprint density at radius 2 is 1.36 bits per heavy atom. The number of epoxide rings is 2. The Kier molecular flexibility index (Phi) is 30.7. The highest BCUT2D eigenvalue weighted by atomic mass is 32.2. The van der Waals surface area contributed by atoms with Crippen molar-refractivity contribution in [2.75, 3.05) is 13.2 Å². The number of rotatable bonds is 15. The molecule has 47 heavy (non-hydrogen) atoms. The van der Waals surface area contributed by atoms with Gasteiger partial charge < -0.3 is 24.4 Å². The fourth-order valence-corrected chi connectivity index (χ4v) is 2.90. The van der Waals surface area contributed by atoms with E-state index < -0.39 is 52.1 Å². The van der Waals surface area contributed by atoms with Crippen LogP contribution in [0.25, 0.3) is 0 Å². The van der Waals surface area contributed by atoms with E-state index in [9.17, 15) is 43.9 Å². The maximum absolute atomic E-state index is 12.9. The topological polar surface area (TPSA) is 163 Å². The Labute approximate surface area is 273 Å². The first-order valence-corrected chi connectivity index (χ1v) is 16.5. The summed E-state index contributed by atoms with van der Waals surface area (Å²) < 4.78 is 127. The van der Waals surface area contributed by atoms with Gasteiger partial charge in [0.15, 0.2) is 0 Å². The van der Waals surface area contributed by atoms with Crippen LogP contribution in [-0.4, -0.2) is 84.2 Å². The summed E-state index contributed by atoms with van der Waals surface area (Å²) in [4.78, 5) is 18.6. The van der Waals surface area contributed by atoms with Gasteiger partial charge in [-0.05, 0) is 39.0 Å². The zero-order valence-corrected chi connectivity index (χ0v) is 28.8. The SMILES string of the molecule is C=CCCC.CC(=O)O.CCCC(=O)O.CCCC1CO1.CCCCC(C)OC(F)(F)C(F)(F)S(=O)(=O)O.FC(F)(F)CCC1CO1. The molecule has 2 aliphatic rings. The summed E-state index contributed by atoms with van der Waals surface area (Å²) in [5.41, 5.74) is 0. The minimum Gasteiger partial charge on any atom is -0.481 e. The van der Waals surface area contributed by atoms with Crippen molar-refractivity contribution in [1.29, 1.82) is 0 Å². The normalized spacial score (nSPS) is 17.1. The highest BCUT2D eigenvalue weighted by Gasteiger charge is 2.68. The van der Waals surface area contributed by atoms with Crippen LogP contribution in [0.4, 0.5) is 30.7 Å². The standard InChI is InChI=1S/C8H14F4O4S.C5H7F3O.C5H10O.C5H10.C4H8O2.C2H4O2/c1-3-4-5-6(2)16-7(9,10)8(11,12)17(13,14)15;6-5(7,8)2-1-4-3-9-4;1-2-3-5-4-6-5;1-3-5-4-2;1-2-3-4(5)6;1-2(3)4/h6H,3-5H2,1-2H3,(H,13,14,15);4H,1-3H2;5H,2-4H2,1H3;3H,1,4-5H2,2H3;2-3H2,1H3,(H,5,6);1H3,(H,3,4). The lowest BCUT2D eigenvalue weighted by Crippen LogP contribution is -2.49.